The molecular formula is C15H11BrCl2FN3OS. The molecule has 0 fully saturated rings. The number of rotatable bonds is 5. The van der Waals surface area contributed by atoms with E-state index in [0.717, 1.165) is 5.56 Å². The first kappa shape index (κ1) is 19.1. The fourth-order valence-electron chi connectivity index (χ4n) is 1.62. The second-order valence-corrected chi connectivity index (χ2v) is 6.60. The largest absolute Gasteiger partial charge is 0.328 e. The molecule has 4 nitrogen and oxygen atoms in total. The standard InChI is InChI=1S/C15H11BrCl2FN3OS/c16-10-2-4-14(13(19)5-10)22-15(24)20-8-21-23-7-9-1-3-11(17)6-12(9)18/h1-6,8H,7H2,(H2,20,21,22,24). The number of halogens is 4. The first-order chi connectivity index (χ1) is 11.5. The summed E-state index contributed by atoms with van der Waals surface area (Å²) in [6, 6.07) is 9.66. The van der Waals surface area contributed by atoms with Crippen LogP contribution in [-0.2, 0) is 11.4 Å². The molecule has 0 heterocycles. The van der Waals surface area contributed by atoms with Crippen LogP contribution in [0, 0.1) is 5.82 Å². The molecule has 2 aromatic rings. The van der Waals surface area contributed by atoms with Crippen LogP contribution in [0.4, 0.5) is 10.1 Å². The maximum absolute atomic E-state index is 13.6. The first-order valence-electron chi connectivity index (χ1n) is 6.55. The third-order valence-corrected chi connectivity index (χ3v) is 4.02. The minimum Gasteiger partial charge on any atom is -0.328 e. The lowest BCUT2D eigenvalue weighted by Gasteiger charge is -2.06. The summed E-state index contributed by atoms with van der Waals surface area (Å²) >= 11 is 20.0. The average molecular weight is 451 g/mol. The van der Waals surface area contributed by atoms with Gasteiger partial charge in [0.05, 0.1) is 5.69 Å². The van der Waals surface area contributed by atoms with Crippen LogP contribution in [0.25, 0.3) is 0 Å². The number of thiocarbonyl (C=S) groups is 1. The maximum atomic E-state index is 13.6. The Morgan fingerprint density at radius 3 is 2.79 bits per heavy atom. The van der Waals surface area contributed by atoms with Crippen molar-refractivity contribution in [1.82, 2.24) is 5.48 Å². The zero-order valence-electron chi connectivity index (χ0n) is 12.0. The maximum Gasteiger partial charge on any atom is 0.198 e. The summed E-state index contributed by atoms with van der Waals surface area (Å²) < 4.78 is 14.3. The minimum atomic E-state index is -0.441. The van der Waals surface area contributed by atoms with Crippen molar-refractivity contribution >= 4 is 68.5 Å². The van der Waals surface area contributed by atoms with Gasteiger partial charge in [0.2, 0.25) is 0 Å². The highest BCUT2D eigenvalue weighted by molar-refractivity contribution is 9.10. The summed E-state index contributed by atoms with van der Waals surface area (Å²) in [5.41, 5.74) is 3.50. The quantitative estimate of drug-likeness (QED) is 0.212. The molecule has 2 aromatic carbocycles. The normalized spacial score (nSPS) is 10.8. The lowest BCUT2D eigenvalue weighted by Crippen LogP contribution is -2.15. The molecule has 24 heavy (non-hydrogen) atoms. The molecule has 0 amide bonds. The molecule has 0 aliphatic carbocycles. The summed E-state index contributed by atoms with van der Waals surface area (Å²) in [5.74, 6) is -0.441. The Bertz CT molecular complexity index is 776. The lowest BCUT2D eigenvalue weighted by atomic mass is 10.2. The van der Waals surface area contributed by atoms with Gasteiger partial charge in [0.1, 0.15) is 18.8 Å². The zero-order valence-corrected chi connectivity index (χ0v) is 15.9. The molecule has 9 heteroatoms. The van der Waals surface area contributed by atoms with Crippen LogP contribution in [0.15, 0.2) is 45.9 Å². The molecule has 2 N–H and O–H groups in total. The van der Waals surface area contributed by atoms with E-state index < -0.39 is 5.82 Å². The van der Waals surface area contributed by atoms with Gasteiger partial charge in [0.25, 0.3) is 0 Å². The van der Waals surface area contributed by atoms with Gasteiger partial charge in [-0.25, -0.2) is 9.38 Å². The van der Waals surface area contributed by atoms with Crippen LogP contribution in [0.3, 0.4) is 0 Å². The summed E-state index contributed by atoms with van der Waals surface area (Å²) in [7, 11) is 0. The van der Waals surface area contributed by atoms with Crippen LogP contribution in [-0.4, -0.2) is 11.5 Å². The number of nitrogens with zero attached hydrogens (tertiary/aromatic N) is 1. The van der Waals surface area contributed by atoms with Crippen LogP contribution in [0.5, 0.6) is 0 Å². The van der Waals surface area contributed by atoms with E-state index in [-0.39, 0.29) is 17.4 Å². The molecular weight excluding hydrogens is 440 g/mol. The summed E-state index contributed by atoms with van der Waals surface area (Å²) in [6.07, 6.45) is 1.25. The van der Waals surface area contributed by atoms with E-state index in [1.54, 1.807) is 30.3 Å². The number of aliphatic imine (C=N–C) groups is 1. The number of hydroxylamine groups is 1. The van der Waals surface area contributed by atoms with Crippen LogP contribution >= 0.6 is 51.3 Å². The molecule has 0 aromatic heterocycles. The molecule has 0 aliphatic rings. The third kappa shape index (κ3) is 5.99. The van der Waals surface area contributed by atoms with Crippen molar-refractivity contribution in [1.29, 1.82) is 0 Å². The number of hydrogen-bond acceptors (Lipinski definition) is 2. The topological polar surface area (TPSA) is 45.7 Å². The average Bonchev–Trinajstić information content (AvgIpc) is 2.51. The highest BCUT2D eigenvalue weighted by Crippen LogP contribution is 2.21. The lowest BCUT2D eigenvalue weighted by molar-refractivity contribution is 0.0747. The van der Waals surface area contributed by atoms with Gasteiger partial charge >= 0.3 is 0 Å². The predicted octanol–water partition coefficient (Wildman–Crippen LogP) is 5.34. The second-order valence-electron chi connectivity index (χ2n) is 4.45. The summed E-state index contributed by atoms with van der Waals surface area (Å²) in [5, 5.41) is 3.80. The molecule has 126 valence electrons. The molecule has 0 radical (unpaired) electrons. The SMILES string of the molecule is Fc1cc(Br)ccc1NC(=S)N=CNOCc1ccc(Cl)cc1Cl. The number of hydrogen-bond donors (Lipinski definition) is 2. The zero-order chi connectivity index (χ0) is 17.5. The summed E-state index contributed by atoms with van der Waals surface area (Å²) in [4.78, 5) is 9.06. The smallest absolute Gasteiger partial charge is 0.198 e. The number of anilines is 1. The van der Waals surface area contributed by atoms with Gasteiger partial charge in [-0.15, -0.1) is 0 Å². The molecule has 0 spiro atoms. The molecule has 0 aliphatic heterocycles. The van der Waals surface area contributed by atoms with Crippen molar-refractivity contribution < 1.29 is 9.23 Å². The Labute approximate surface area is 162 Å². The molecule has 0 saturated carbocycles. The third-order valence-electron chi connectivity index (χ3n) is 2.73. The van der Waals surface area contributed by atoms with Gasteiger partial charge in [-0.3, -0.25) is 10.3 Å². The molecule has 2 rings (SSSR count). The van der Waals surface area contributed by atoms with Crippen molar-refractivity contribution in [3.05, 3.63) is 62.3 Å². The van der Waals surface area contributed by atoms with Crippen molar-refractivity contribution in [2.75, 3.05) is 5.32 Å². The van der Waals surface area contributed by atoms with Crippen LogP contribution in [0.2, 0.25) is 10.0 Å². The first-order valence-corrected chi connectivity index (χ1v) is 8.51. The Hall–Kier alpha value is -1.25. The van der Waals surface area contributed by atoms with E-state index in [9.17, 15) is 4.39 Å². The van der Waals surface area contributed by atoms with Crippen LogP contribution < -0.4 is 10.8 Å². The van der Waals surface area contributed by atoms with E-state index in [4.69, 9.17) is 40.3 Å². The van der Waals surface area contributed by atoms with Gasteiger partial charge in [0.15, 0.2) is 5.11 Å². The Balaban J connectivity index is 1.78. The van der Waals surface area contributed by atoms with Crippen molar-refractivity contribution in [2.45, 2.75) is 6.61 Å². The highest BCUT2D eigenvalue weighted by atomic mass is 79.9. The van der Waals surface area contributed by atoms with Crippen LogP contribution in [0.1, 0.15) is 5.56 Å². The Kier molecular flexibility index (Phi) is 7.39. The van der Waals surface area contributed by atoms with Crippen molar-refractivity contribution in [3.63, 3.8) is 0 Å². The predicted molar refractivity (Wildman–Crippen MR) is 103 cm³/mol. The van der Waals surface area contributed by atoms with Gasteiger partial charge in [-0.05, 0) is 48.1 Å². The van der Waals surface area contributed by atoms with E-state index >= 15 is 0 Å². The highest BCUT2D eigenvalue weighted by Gasteiger charge is 2.04. The fraction of sp³-hybridized carbons (Fsp3) is 0.0667. The molecule has 0 bridgehead atoms. The van der Waals surface area contributed by atoms with Crippen molar-refractivity contribution in [3.8, 4) is 0 Å². The van der Waals surface area contributed by atoms with E-state index in [2.05, 4.69) is 31.7 Å². The van der Waals surface area contributed by atoms with Gasteiger partial charge in [-0.1, -0.05) is 45.2 Å². The van der Waals surface area contributed by atoms with Crippen molar-refractivity contribution in [2.24, 2.45) is 4.99 Å². The van der Waals surface area contributed by atoms with E-state index in [1.165, 1.54) is 12.4 Å². The Morgan fingerprint density at radius 2 is 2.08 bits per heavy atom. The number of nitrogens with one attached hydrogen (secondary N) is 2. The Morgan fingerprint density at radius 1 is 1.29 bits per heavy atom. The van der Waals surface area contributed by atoms with E-state index in [0.29, 0.717) is 14.5 Å². The minimum absolute atomic E-state index is 0.0804. The van der Waals surface area contributed by atoms with E-state index in [1.807, 2.05) is 0 Å². The monoisotopic (exact) mass is 449 g/mol. The molecule has 0 saturated heterocycles. The van der Waals surface area contributed by atoms with Gasteiger partial charge in [-0.2, -0.15) is 0 Å². The molecule has 0 unspecified atom stereocenters. The number of benzene rings is 2. The molecule has 0 atom stereocenters. The van der Waals surface area contributed by atoms with Gasteiger partial charge in [0, 0.05) is 14.5 Å². The second kappa shape index (κ2) is 9.29. The summed E-state index contributed by atoms with van der Waals surface area (Å²) in [6.45, 7) is 0.212. The fourth-order valence-corrected chi connectivity index (χ4v) is 2.58. The van der Waals surface area contributed by atoms with Gasteiger partial charge < -0.3 is 5.32 Å².